The third-order valence-electron chi connectivity index (χ3n) is 2.54. The van der Waals surface area contributed by atoms with Crippen LogP contribution in [0.5, 0.6) is 0 Å². The molecule has 1 aliphatic rings. The molecule has 7 heteroatoms. The number of amides is 2. The molecule has 16 heavy (non-hydrogen) atoms. The Morgan fingerprint density at radius 2 is 2.19 bits per heavy atom. The average molecular weight is 260 g/mol. The smallest absolute Gasteiger partial charge is 0.235 e. The Morgan fingerprint density at radius 3 is 2.62 bits per heavy atom. The molecule has 5 nitrogen and oxygen atoms in total. The summed E-state index contributed by atoms with van der Waals surface area (Å²) in [7, 11) is 0. The number of hydrogen-bond donors (Lipinski definition) is 0. The molecule has 1 aromatic rings. The van der Waals surface area contributed by atoms with Crippen molar-refractivity contribution >= 4 is 34.9 Å². The van der Waals surface area contributed by atoms with E-state index in [2.05, 4.69) is 9.59 Å². The van der Waals surface area contributed by atoms with E-state index in [0.717, 1.165) is 11.5 Å². The van der Waals surface area contributed by atoms with Gasteiger partial charge < -0.3 is 0 Å². The van der Waals surface area contributed by atoms with Gasteiger partial charge in [-0.05, 0) is 0 Å². The fourth-order valence-corrected chi connectivity index (χ4v) is 2.24. The Hall–Kier alpha value is -1.01. The second-order valence-corrected chi connectivity index (χ2v) is 5.70. The van der Waals surface area contributed by atoms with Gasteiger partial charge >= 0.3 is 0 Å². The van der Waals surface area contributed by atoms with Crippen LogP contribution in [0.2, 0.25) is 4.34 Å². The second kappa shape index (κ2) is 3.78. The molecule has 1 aliphatic heterocycles. The Balaban J connectivity index is 2.21. The molecule has 0 spiro atoms. The van der Waals surface area contributed by atoms with Crippen molar-refractivity contribution in [3.05, 3.63) is 10.0 Å². The van der Waals surface area contributed by atoms with Gasteiger partial charge in [0.05, 0.1) is 12.0 Å². The lowest BCUT2D eigenvalue weighted by molar-refractivity contribution is -0.141. The number of rotatable bonds is 2. The van der Waals surface area contributed by atoms with E-state index in [1.807, 2.05) is 0 Å². The Labute approximate surface area is 102 Å². The van der Waals surface area contributed by atoms with Gasteiger partial charge in [0.2, 0.25) is 11.8 Å². The lowest BCUT2D eigenvalue weighted by atomic mass is 9.92. The molecule has 2 rings (SSSR count). The summed E-state index contributed by atoms with van der Waals surface area (Å²) < 4.78 is 4.08. The Morgan fingerprint density at radius 1 is 1.50 bits per heavy atom. The number of carbonyl (C=O) groups is 2. The van der Waals surface area contributed by atoms with Gasteiger partial charge in [-0.3, -0.25) is 14.5 Å². The SMILES string of the molecule is CC1(C)CC(=O)N(Cc2nnsc2Cl)C1=O. The summed E-state index contributed by atoms with van der Waals surface area (Å²) in [5.41, 5.74) is -0.140. The summed E-state index contributed by atoms with van der Waals surface area (Å²) in [6.45, 7) is 3.64. The lowest BCUT2D eigenvalue weighted by Crippen LogP contribution is -2.32. The number of aromatic nitrogens is 2. The van der Waals surface area contributed by atoms with Crippen LogP contribution in [-0.2, 0) is 16.1 Å². The molecule has 1 fully saturated rings. The molecule has 2 amide bonds. The Bertz CT molecular complexity index is 457. The number of imide groups is 1. The predicted molar refractivity (Wildman–Crippen MR) is 58.9 cm³/mol. The molecule has 2 heterocycles. The van der Waals surface area contributed by atoms with Crippen molar-refractivity contribution in [3.8, 4) is 0 Å². The first kappa shape index (κ1) is 11.5. The maximum atomic E-state index is 11.9. The normalized spacial score (nSPS) is 19.6. The van der Waals surface area contributed by atoms with E-state index in [0.29, 0.717) is 10.0 Å². The van der Waals surface area contributed by atoms with Gasteiger partial charge in [0.15, 0.2) is 0 Å². The number of halogens is 1. The molecule has 0 atom stereocenters. The van der Waals surface area contributed by atoms with Crippen molar-refractivity contribution in [3.63, 3.8) is 0 Å². The fraction of sp³-hybridized carbons (Fsp3) is 0.556. The summed E-state index contributed by atoms with van der Waals surface area (Å²) in [6, 6.07) is 0. The van der Waals surface area contributed by atoms with E-state index in [1.165, 1.54) is 4.90 Å². The topological polar surface area (TPSA) is 63.2 Å². The zero-order valence-corrected chi connectivity index (χ0v) is 10.4. The molecule has 0 radical (unpaired) electrons. The highest BCUT2D eigenvalue weighted by atomic mass is 35.5. The zero-order valence-electron chi connectivity index (χ0n) is 8.86. The third-order valence-corrected chi connectivity index (χ3v) is 3.52. The fourth-order valence-electron chi connectivity index (χ4n) is 1.63. The summed E-state index contributed by atoms with van der Waals surface area (Å²) in [5.74, 6) is -0.361. The van der Waals surface area contributed by atoms with E-state index < -0.39 is 5.41 Å². The van der Waals surface area contributed by atoms with Gasteiger partial charge in [0, 0.05) is 18.0 Å². The van der Waals surface area contributed by atoms with Crippen LogP contribution in [-0.4, -0.2) is 26.3 Å². The first-order valence-corrected chi connectivity index (χ1v) is 5.88. The van der Waals surface area contributed by atoms with Crippen LogP contribution in [0.15, 0.2) is 0 Å². The number of carbonyl (C=O) groups excluding carboxylic acids is 2. The molecule has 1 aromatic heterocycles. The van der Waals surface area contributed by atoms with Crippen molar-refractivity contribution in [1.29, 1.82) is 0 Å². The highest BCUT2D eigenvalue weighted by Crippen LogP contribution is 2.33. The standard InChI is InChI=1S/C9H10ClN3O2S/c1-9(2)3-6(14)13(8(9)15)4-5-7(10)16-12-11-5/h3-4H2,1-2H3. The van der Waals surface area contributed by atoms with E-state index in [4.69, 9.17) is 11.6 Å². The summed E-state index contributed by atoms with van der Waals surface area (Å²) in [6.07, 6.45) is 0.237. The Kier molecular flexibility index (Phi) is 2.71. The summed E-state index contributed by atoms with van der Waals surface area (Å²) in [4.78, 5) is 24.7. The highest BCUT2D eigenvalue weighted by Gasteiger charge is 2.44. The van der Waals surface area contributed by atoms with E-state index in [-0.39, 0.29) is 24.8 Å². The minimum Gasteiger partial charge on any atom is -0.276 e. The predicted octanol–water partition coefficient (Wildman–Crippen LogP) is 1.48. The number of nitrogens with zero attached hydrogens (tertiary/aromatic N) is 3. The van der Waals surface area contributed by atoms with Crippen LogP contribution >= 0.6 is 23.1 Å². The second-order valence-electron chi connectivity index (χ2n) is 4.34. The zero-order chi connectivity index (χ0) is 11.9. The molecule has 0 N–H and O–H groups in total. The molecule has 1 saturated heterocycles. The quantitative estimate of drug-likeness (QED) is 0.755. The molecular formula is C9H10ClN3O2S. The minimum absolute atomic E-state index is 0.121. The lowest BCUT2D eigenvalue weighted by Gasteiger charge is -2.16. The molecular weight excluding hydrogens is 250 g/mol. The highest BCUT2D eigenvalue weighted by molar-refractivity contribution is 7.10. The van der Waals surface area contributed by atoms with Crippen LogP contribution in [0.4, 0.5) is 0 Å². The number of likely N-dealkylation sites (tertiary alicyclic amines) is 1. The van der Waals surface area contributed by atoms with Gasteiger partial charge in [0.25, 0.3) is 0 Å². The monoisotopic (exact) mass is 259 g/mol. The van der Waals surface area contributed by atoms with Crippen LogP contribution in [0, 0.1) is 5.41 Å². The van der Waals surface area contributed by atoms with Gasteiger partial charge in [-0.15, -0.1) is 5.10 Å². The molecule has 0 aromatic carbocycles. The van der Waals surface area contributed by atoms with Crippen LogP contribution in [0.25, 0.3) is 0 Å². The maximum absolute atomic E-state index is 11.9. The number of hydrogen-bond acceptors (Lipinski definition) is 5. The van der Waals surface area contributed by atoms with Crippen molar-refractivity contribution < 1.29 is 9.59 Å². The molecule has 0 aliphatic carbocycles. The van der Waals surface area contributed by atoms with Gasteiger partial charge in [-0.1, -0.05) is 29.9 Å². The third kappa shape index (κ3) is 1.82. The van der Waals surface area contributed by atoms with Crippen molar-refractivity contribution in [2.45, 2.75) is 26.8 Å². The van der Waals surface area contributed by atoms with E-state index in [1.54, 1.807) is 13.8 Å². The first-order valence-electron chi connectivity index (χ1n) is 4.73. The van der Waals surface area contributed by atoms with Gasteiger partial charge in [-0.25, -0.2) is 0 Å². The average Bonchev–Trinajstić information content (AvgIpc) is 2.65. The maximum Gasteiger partial charge on any atom is 0.235 e. The molecule has 86 valence electrons. The van der Waals surface area contributed by atoms with E-state index >= 15 is 0 Å². The largest absolute Gasteiger partial charge is 0.276 e. The van der Waals surface area contributed by atoms with Gasteiger partial charge in [0.1, 0.15) is 10.0 Å². The van der Waals surface area contributed by atoms with Crippen LogP contribution in [0.1, 0.15) is 26.0 Å². The van der Waals surface area contributed by atoms with Crippen LogP contribution < -0.4 is 0 Å². The van der Waals surface area contributed by atoms with Crippen molar-refractivity contribution in [2.24, 2.45) is 5.41 Å². The van der Waals surface area contributed by atoms with Crippen molar-refractivity contribution in [1.82, 2.24) is 14.5 Å². The van der Waals surface area contributed by atoms with Crippen molar-refractivity contribution in [2.75, 3.05) is 0 Å². The minimum atomic E-state index is -0.618. The van der Waals surface area contributed by atoms with Gasteiger partial charge in [-0.2, -0.15) is 0 Å². The summed E-state index contributed by atoms with van der Waals surface area (Å²) >= 11 is 6.87. The van der Waals surface area contributed by atoms with E-state index in [9.17, 15) is 9.59 Å². The molecule has 0 bridgehead atoms. The summed E-state index contributed by atoms with van der Waals surface area (Å²) in [5, 5.41) is 3.79. The molecule has 0 unspecified atom stereocenters. The molecule has 0 saturated carbocycles. The first-order chi connectivity index (χ1) is 7.42. The van der Waals surface area contributed by atoms with Crippen LogP contribution in [0.3, 0.4) is 0 Å².